The summed E-state index contributed by atoms with van der Waals surface area (Å²) in [7, 11) is 0. The number of benzene rings is 1. The van der Waals surface area contributed by atoms with Gasteiger partial charge in [-0.2, -0.15) is 10.5 Å². The van der Waals surface area contributed by atoms with Gasteiger partial charge in [-0.1, -0.05) is 18.2 Å². The fourth-order valence-electron chi connectivity index (χ4n) is 2.23. The maximum atomic E-state index is 12.2. The smallest absolute Gasteiger partial charge is 0.264 e. The largest absolute Gasteiger partial charge is 0.478 e. The Kier molecular flexibility index (Phi) is 4.95. The molecule has 0 N–H and O–H groups in total. The van der Waals surface area contributed by atoms with E-state index in [1.807, 2.05) is 12.1 Å². The second-order valence-electron chi connectivity index (χ2n) is 4.65. The van der Waals surface area contributed by atoms with E-state index in [1.165, 1.54) is 6.08 Å². The minimum absolute atomic E-state index is 0.0766. The van der Waals surface area contributed by atoms with Crippen LogP contribution in [0.1, 0.15) is 18.4 Å². The molecule has 1 saturated heterocycles. The Hall–Kier alpha value is -2.79. The molecule has 1 aromatic rings. The lowest BCUT2D eigenvalue weighted by molar-refractivity contribution is -0.125. The molecular formula is C16H15N3O2. The monoisotopic (exact) mass is 281 g/mol. The predicted molar refractivity (Wildman–Crippen MR) is 77.0 cm³/mol. The molecular weight excluding hydrogens is 266 g/mol. The van der Waals surface area contributed by atoms with Gasteiger partial charge in [0.25, 0.3) is 5.91 Å². The second kappa shape index (κ2) is 7.12. The summed E-state index contributed by atoms with van der Waals surface area (Å²) in [6.07, 6.45) is 3.48. The lowest BCUT2D eigenvalue weighted by atomic mass is 10.1. The lowest BCUT2D eigenvalue weighted by Crippen LogP contribution is -2.28. The molecule has 0 saturated carbocycles. The number of hydrogen-bond donors (Lipinski definition) is 0. The molecule has 1 amide bonds. The molecule has 21 heavy (non-hydrogen) atoms. The molecule has 5 nitrogen and oxygen atoms in total. The van der Waals surface area contributed by atoms with E-state index in [0.717, 1.165) is 12.8 Å². The van der Waals surface area contributed by atoms with Gasteiger partial charge in [-0.25, -0.2) is 0 Å². The van der Waals surface area contributed by atoms with Crippen molar-refractivity contribution in [3.05, 3.63) is 35.4 Å². The number of likely N-dealkylation sites (tertiary alicyclic amines) is 1. The Morgan fingerprint density at radius 1 is 1.29 bits per heavy atom. The number of rotatable bonds is 4. The van der Waals surface area contributed by atoms with Crippen LogP contribution in [-0.4, -0.2) is 30.5 Å². The first-order chi connectivity index (χ1) is 10.3. The van der Waals surface area contributed by atoms with Crippen LogP contribution < -0.4 is 4.74 Å². The first kappa shape index (κ1) is 14.6. The molecule has 0 bridgehead atoms. The number of nitriles is 2. The average Bonchev–Trinajstić information content (AvgIpc) is 3.05. The molecule has 1 aliphatic rings. The molecule has 106 valence electrons. The van der Waals surface area contributed by atoms with Crippen molar-refractivity contribution in [2.45, 2.75) is 12.8 Å². The summed E-state index contributed by atoms with van der Waals surface area (Å²) in [4.78, 5) is 13.9. The third-order valence-electron chi connectivity index (χ3n) is 3.26. The molecule has 5 heteroatoms. The first-order valence-electron chi connectivity index (χ1n) is 6.76. The van der Waals surface area contributed by atoms with Gasteiger partial charge in [-0.3, -0.25) is 4.79 Å². The van der Waals surface area contributed by atoms with Crippen molar-refractivity contribution >= 4 is 12.0 Å². The minimum atomic E-state index is -0.245. The predicted octanol–water partition coefficient (Wildman–Crippen LogP) is 2.12. The van der Waals surface area contributed by atoms with E-state index in [0.29, 0.717) is 24.4 Å². The van der Waals surface area contributed by atoms with Gasteiger partial charge in [0, 0.05) is 18.7 Å². The van der Waals surface area contributed by atoms with Crippen LogP contribution in [0, 0.1) is 22.7 Å². The van der Waals surface area contributed by atoms with Gasteiger partial charge in [-0.15, -0.1) is 0 Å². The highest BCUT2D eigenvalue weighted by Crippen LogP contribution is 2.22. The van der Waals surface area contributed by atoms with Gasteiger partial charge in [0.05, 0.1) is 0 Å². The van der Waals surface area contributed by atoms with Gasteiger partial charge in [0.2, 0.25) is 0 Å². The van der Waals surface area contributed by atoms with Crippen molar-refractivity contribution < 1.29 is 9.53 Å². The highest BCUT2D eigenvalue weighted by Gasteiger charge is 2.21. The number of para-hydroxylation sites is 1. The van der Waals surface area contributed by atoms with Crippen LogP contribution in [0.4, 0.5) is 0 Å². The van der Waals surface area contributed by atoms with Gasteiger partial charge >= 0.3 is 0 Å². The fourth-order valence-corrected chi connectivity index (χ4v) is 2.23. The van der Waals surface area contributed by atoms with Crippen LogP contribution in [-0.2, 0) is 4.79 Å². The van der Waals surface area contributed by atoms with E-state index in [4.69, 9.17) is 10.00 Å². The maximum Gasteiger partial charge on any atom is 0.264 e. The van der Waals surface area contributed by atoms with E-state index in [2.05, 4.69) is 0 Å². The zero-order valence-electron chi connectivity index (χ0n) is 11.6. The van der Waals surface area contributed by atoms with Crippen LogP contribution in [0.3, 0.4) is 0 Å². The normalized spacial score (nSPS) is 14.4. The zero-order chi connectivity index (χ0) is 15.1. The molecule has 1 aromatic carbocycles. The highest BCUT2D eigenvalue weighted by atomic mass is 16.5. The van der Waals surface area contributed by atoms with Crippen LogP contribution >= 0.6 is 0 Å². The molecule has 0 aromatic heterocycles. The van der Waals surface area contributed by atoms with E-state index < -0.39 is 0 Å². The minimum Gasteiger partial charge on any atom is -0.478 e. The molecule has 0 spiro atoms. The molecule has 1 fully saturated rings. The topological polar surface area (TPSA) is 77.1 Å². The van der Waals surface area contributed by atoms with E-state index in [1.54, 1.807) is 29.2 Å². The molecule has 1 heterocycles. The molecule has 0 aliphatic carbocycles. The number of ether oxygens (including phenoxy) is 1. The van der Waals surface area contributed by atoms with Gasteiger partial charge in [-0.05, 0) is 25.0 Å². The third-order valence-corrected chi connectivity index (χ3v) is 3.26. The van der Waals surface area contributed by atoms with Crippen molar-refractivity contribution in [1.82, 2.24) is 4.90 Å². The van der Waals surface area contributed by atoms with E-state index >= 15 is 0 Å². The summed E-state index contributed by atoms with van der Waals surface area (Å²) in [5.74, 6) is 0.242. The van der Waals surface area contributed by atoms with Crippen LogP contribution in [0.15, 0.2) is 29.8 Å². The van der Waals surface area contributed by atoms with Crippen molar-refractivity contribution in [1.29, 1.82) is 10.5 Å². The first-order valence-corrected chi connectivity index (χ1v) is 6.76. The van der Waals surface area contributed by atoms with Crippen molar-refractivity contribution in [3.8, 4) is 17.9 Å². The number of carbonyl (C=O) groups excluding carboxylic acids is 1. The third kappa shape index (κ3) is 3.61. The van der Waals surface area contributed by atoms with E-state index in [-0.39, 0.29) is 18.1 Å². The molecule has 2 rings (SSSR count). The quantitative estimate of drug-likeness (QED) is 0.625. The van der Waals surface area contributed by atoms with E-state index in [9.17, 15) is 10.1 Å². The molecule has 0 radical (unpaired) electrons. The van der Waals surface area contributed by atoms with Crippen molar-refractivity contribution in [2.75, 3.05) is 19.7 Å². The Labute approximate surface area is 123 Å². The molecule has 0 unspecified atom stereocenters. The summed E-state index contributed by atoms with van der Waals surface area (Å²) in [5.41, 5.74) is 0.710. The summed E-state index contributed by atoms with van der Waals surface area (Å²) >= 11 is 0. The second-order valence-corrected chi connectivity index (χ2v) is 4.65. The van der Waals surface area contributed by atoms with Gasteiger partial charge in [0.15, 0.2) is 6.61 Å². The standard InChI is InChI=1S/C16H15N3O2/c17-7-10-21-15-6-2-1-5-13(15)11-14(12-18)16(20)19-8-3-4-9-19/h1-2,5-6,11H,3-4,8-10H2/b14-11+. The summed E-state index contributed by atoms with van der Waals surface area (Å²) < 4.78 is 5.30. The Bertz CT molecular complexity index is 632. The number of hydrogen-bond acceptors (Lipinski definition) is 4. The van der Waals surface area contributed by atoms with Crippen LogP contribution in [0.5, 0.6) is 5.75 Å². The lowest BCUT2D eigenvalue weighted by Gasteiger charge is -2.14. The summed E-state index contributed by atoms with van der Waals surface area (Å²) in [6, 6.07) is 10.9. The highest BCUT2D eigenvalue weighted by molar-refractivity contribution is 6.02. The number of amides is 1. The Balaban J connectivity index is 2.25. The summed E-state index contributed by atoms with van der Waals surface area (Å²) in [6.45, 7) is 1.32. The maximum absolute atomic E-state index is 12.2. The SMILES string of the molecule is N#CCOc1ccccc1/C=C(\C#N)C(=O)N1CCCC1. The van der Waals surface area contributed by atoms with Gasteiger partial charge < -0.3 is 9.64 Å². The van der Waals surface area contributed by atoms with Crippen LogP contribution in [0.25, 0.3) is 6.08 Å². The number of carbonyl (C=O) groups is 1. The van der Waals surface area contributed by atoms with Crippen molar-refractivity contribution in [3.63, 3.8) is 0 Å². The Morgan fingerprint density at radius 3 is 2.67 bits per heavy atom. The van der Waals surface area contributed by atoms with Crippen molar-refractivity contribution in [2.24, 2.45) is 0 Å². The fraction of sp³-hybridized carbons (Fsp3) is 0.312. The van der Waals surface area contributed by atoms with Crippen LogP contribution in [0.2, 0.25) is 0 Å². The number of nitrogens with zero attached hydrogens (tertiary/aromatic N) is 3. The molecule has 1 aliphatic heterocycles. The zero-order valence-corrected chi connectivity index (χ0v) is 11.6. The molecule has 0 atom stereocenters. The average molecular weight is 281 g/mol. The van der Waals surface area contributed by atoms with Gasteiger partial charge in [0.1, 0.15) is 23.5 Å². The Morgan fingerprint density at radius 2 is 2.00 bits per heavy atom. The summed E-state index contributed by atoms with van der Waals surface area (Å²) in [5, 5.41) is 17.8.